The fourth-order valence-corrected chi connectivity index (χ4v) is 4.16. The summed E-state index contributed by atoms with van der Waals surface area (Å²) in [4.78, 5) is 27.9. The van der Waals surface area contributed by atoms with Gasteiger partial charge < -0.3 is 14.9 Å². The number of hydrogen-bond donors (Lipinski definition) is 2. The van der Waals surface area contributed by atoms with Crippen LogP contribution in [0.1, 0.15) is 28.3 Å². The number of aromatic hydroxyl groups is 1. The van der Waals surface area contributed by atoms with Gasteiger partial charge in [0.2, 0.25) is 0 Å². The minimum Gasteiger partial charge on any atom is -0.507 e. The molecule has 1 heterocycles. The molecule has 4 rings (SSSR count). The molecule has 0 aromatic heterocycles. The molecule has 33 heavy (non-hydrogen) atoms. The Bertz CT molecular complexity index is 1310. The number of rotatable bonds is 4. The number of benzene rings is 3. The van der Waals surface area contributed by atoms with Crippen LogP contribution >= 0.6 is 11.6 Å². The maximum absolute atomic E-state index is 13.3. The Morgan fingerprint density at radius 3 is 2.39 bits per heavy atom. The summed E-state index contributed by atoms with van der Waals surface area (Å²) in [7, 11) is 1.46. The molecular weight excluding hydrogens is 442 g/mol. The lowest BCUT2D eigenvalue weighted by molar-refractivity contribution is -0.132. The summed E-state index contributed by atoms with van der Waals surface area (Å²) < 4.78 is 5.35. The van der Waals surface area contributed by atoms with Crippen LogP contribution in [0.2, 0.25) is 5.02 Å². The number of ether oxygens (including phenoxy) is 1. The lowest BCUT2D eigenvalue weighted by Crippen LogP contribution is -2.29. The molecule has 3 aromatic rings. The van der Waals surface area contributed by atoms with E-state index in [0.717, 1.165) is 11.1 Å². The van der Waals surface area contributed by atoms with E-state index in [1.807, 2.05) is 26.0 Å². The van der Waals surface area contributed by atoms with Crippen molar-refractivity contribution in [3.05, 3.63) is 93.5 Å². The number of carbonyl (C=O) groups excluding carboxylic acids is 2. The van der Waals surface area contributed by atoms with Gasteiger partial charge in [-0.05, 0) is 66.9 Å². The summed E-state index contributed by atoms with van der Waals surface area (Å²) in [6.07, 6.45) is 0. The number of Topliss-reactive ketones (excluding diaryl/α,β-unsaturated/α-hetero) is 1. The normalized spacial score (nSPS) is 17.5. The zero-order valence-corrected chi connectivity index (χ0v) is 19.1. The number of amides is 1. The number of para-hydroxylation sites is 1. The van der Waals surface area contributed by atoms with E-state index in [2.05, 4.69) is 0 Å². The molecular formula is C26H22ClNO5. The predicted molar refractivity (Wildman–Crippen MR) is 127 cm³/mol. The first-order valence-corrected chi connectivity index (χ1v) is 10.6. The van der Waals surface area contributed by atoms with Gasteiger partial charge in [-0.1, -0.05) is 35.9 Å². The number of nitrogens with zero attached hydrogens (tertiary/aromatic N) is 1. The second kappa shape index (κ2) is 8.64. The van der Waals surface area contributed by atoms with E-state index in [-0.39, 0.29) is 27.7 Å². The standard InChI is InChI=1S/C26H22ClNO5/c1-14-8-10-17(12-15(14)2)28-23(16-9-11-20(29)19(27)13-16)22(25(31)26(28)32)24(30)18-6-4-5-7-21(18)33-3/h4-13,23,29-30H,1-3H3/b24-22+. The third-order valence-corrected chi connectivity index (χ3v) is 6.17. The SMILES string of the molecule is COc1ccccc1/C(O)=C1\C(=O)C(=O)N(c2ccc(C)c(C)c2)C1c1ccc(O)c(Cl)c1. The number of methoxy groups -OCH3 is 1. The molecule has 0 radical (unpaired) electrons. The highest BCUT2D eigenvalue weighted by Gasteiger charge is 2.47. The van der Waals surface area contributed by atoms with Crippen molar-refractivity contribution >= 4 is 34.7 Å². The Morgan fingerprint density at radius 2 is 1.73 bits per heavy atom. The molecule has 1 saturated heterocycles. The Hall–Kier alpha value is -3.77. The molecule has 7 heteroatoms. The third kappa shape index (κ3) is 3.83. The fourth-order valence-electron chi connectivity index (χ4n) is 3.97. The Balaban J connectivity index is 2.00. The molecule has 1 atom stereocenters. The van der Waals surface area contributed by atoms with Crippen LogP contribution in [0.3, 0.4) is 0 Å². The summed E-state index contributed by atoms with van der Waals surface area (Å²) in [5.41, 5.74) is 3.15. The molecule has 1 unspecified atom stereocenters. The number of aliphatic hydroxyl groups is 1. The number of aryl methyl sites for hydroxylation is 2. The van der Waals surface area contributed by atoms with Gasteiger partial charge >= 0.3 is 0 Å². The van der Waals surface area contributed by atoms with Crippen molar-refractivity contribution in [2.75, 3.05) is 12.0 Å². The smallest absolute Gasteiger partial charge is 0.300 e. The molecule has 1 aliphatic heterocycles. The third-order valence-electron chi connectivity index (χ3n) is 5.86. The summed E-state index contributed by atoms with van der Waals surface area (Å²) in [6, 6.07) is 15.6. The van der Waals surface area contributed by atoms with Crippen LogP contribution in [0, 0.1) is 13.8 Å². The number of phenols is 1. The van der Waals surface area contributed by atoms with E-state index in [1.165, 1.54) is 24.1 Å². The van der Waals surface area contributed by atoms with Crippen molar-refractivity contribution in [1.82, 2.24) is 0 Å². The fraction of sp³-hybridized carbons (Fsp3) is 0.154. The van der Waals surface area contributed by atoms with E-state index in [9.17, 15) is 19.8 Å². The highest BCUT2D eigenvalue weighted by molar-refractivity contribution is 6.51. The largest absolute Gasteiger partial charge is 0.507 e. The van der Waals surface area contributed by atoms with Crippen LogP contribution in [-0.2, 0) is 9.59 Å². The topological polar surface area (TPSA) is 87.1 Å². The summed E-state index contributed by atoms with van der Waals surface area (Å²) in [6.45, 7) is 3.86. The second-order valence-corrected chi connectivity index (χ2v) is 8.26. The van der Waals surface area contributed by atoms with Crippen LogP contribution < -0.4 is 9.64 Å². The van der Waals surface area contributed by atoms with E-state index in [1.54, 1.807) is 36.4 Å². The van der Waals surface area contributed by atoms with Gasteiger partial charge in [0.1, 0.15) is 17.3 Å². The first-order chi connectivity index (χ1) is 15.7. The molecule has 2 N–H and O–H groups in total. The van der Waals surface area contributed by atoms with Gasteiger partial charge in [0.25, 0.3) is 11.7 Å². The van der Waals surface area contributed by atoms with Gasteiger partial charge in [-0.15, -0.1) is 0 Å². The number of hydrogen-bond acceptors (Lipinski definition) is 5. The van der Waals surface area contributed by atoms with Crippen molar-refractivity contribution in [2.45, 2.75) is 19.9 Å². The van der Waals surface area contributed by atoms with Gasteiger partial charge in [-0.25, -0.2) is 0 Å². The van der Waals surface area contributed by atoms with E-state index < -0.39 is 17.7 Å². The zero-order valence-electron chi connectivity index (χ0n) is 18.3. The van der Waals surface area contributed by atoms with Gasteiger partial charge in [-0.3, -0.25) is 14.5 Å². The number of aliphatic hydroxyl groups excluding tert-OH is 1. The average Bonchev–Trinajstić information content (AvgIpc) is 3.07. The molecule has 1 aliphatic rings. The van der Waals surface area contributed by atoms with E-state index in [4.69, 9.17) is 16.3 Å². The maximum Gasteiger partial charge on any atom is 0.300 e. The number of phenolic OH excluding ortho intramolecular Hbond substituents is 1. The second-order valence-electron chi connectivity index (χ2n) is 7.85. The minimum absolute atomic E-state index is 0.0652. The molecule has 0 bridgehead atoms. The lowest BCUT2D eigenvalue weighted by Gasteiger charge is -2.26. The monoisotopic (exact) mass is 463 g/mol. The minimum atomic E-state index is -0.963. The highest BCUT2D eigenvalue weighted by atomic mass is 35.5. The maximum atomic E-state index is 13.3. The summed E-state index contributed by atoms with van der Waals surface area (Å²) >= 11 is 6.16. The number of halogens is 1. The van der Waals surface area contributed by atoms with Crippen LogP contribution in [0.5, 0.6) is 11.5 Å². The van der Waals surface area contributed by atoms with E-state index in [0.29, 0.717) is 17.0 Å². The number of ketones is 1. The molecule has 0 saturated carbocycles. The molecule has 0 aliphatic carbocycles. The van der Waals surface area contributed by atoms with E-state index >= 15 is 0 Å². The van der Waals surface area contributed by atoms with Crippen LogP contribution in [-0.4, -0.2) is 29.0 Å². The quantitative estimate of drug-likeness (QED) is 0.311. The number of carbonyl (C=O) groups is 2. The van der Waals surface area contributed by atoms with Gasteiger partial charge in [0, 0.05) is 5.69 Å². The Labute approximate surface area is 196 Å². The average molecular weight is 464 g/mol. The van der Waals surface area contributed by atoms with Crippen LogP contribution in [0.15, 0.2) is 66.2 Å². The molecule has 6 nitrogen and oxygen atoms in total. The summed E-state index contributed by atoms with van der Waals surface area (Å²) in [5.74, 6) is -1.73. The molecule has 3 aromatic carbocycles. The van der Waals surface area contributed by atoms with Crippen molar-refractivity contribution in [3.8, 4) is 11.5 Å². The first kappa shape index (κ1) is 22.4. The summed E-state index contributed by atoms with van der Waals surface area (Å²) in [5, 5.41) is 21.2. The predicted octanol–water partition coefficient (Wildman–Crippen LogP) is 5.30. The number of anilines is 1. The van der Waals surface area contributed by atoms with Crippen molar-refractivity contribution in [2.24, 2.45) is 0 Å². The first-order valence-electron chi connectivity index (χ1n) is 10.2. The van der Waals surface area contributed by atoms with Gasteiger partial charge in [0.15, 0.2) is 0 Å². The van der Waals surface area contributed by atoms with Crippen LogP contribution in [0.25, 0.3) is 5.76 Å². The zero-order chi connectivity index (χ0) is 23.9. The van der Waals surface area contributed by atoms with Gasteiger partial charge in [-0.2, -0.15) is 0 Å². The molecule has 1 amide bonds. The molecule has 1 fully saturated rings. The van der Waals surface area contributed by atoms with Crippen LogP contribution in [0.4, 0.5) is 5.69 Å². The molecule has 168 valence electrons. The van der Waals surface area contributed by atoms with Gasteiger partial charge in [0.05, 0.1) is 29.3 Å². The van der Waals surface area contributed by atoms with Crippen molar-refractivity contribution in [1.29, 1.82) is 0 Å². The Kier molecular flexibility index (Phi) is 5.87. The molecule has 0 spiro atoms. The Morgan fingerprint density at radius 1 is 1.00 bits per heavy atom. The van der Waals surface area contributed by atoms with Crippen molar-refractivity contribution in [3.63, 3.8) is 0 Å². The highest BCUT2D eigenvalue weighted by Crippen LogP contribution is 2.44. The van der Waals surface area contributed by atoms with Crippen molar-refractivity contribution < 1.29 is 24.5 Å². The lowest BCUT2D eigenvalue weighted by atomic mass is 9.94.